The summed E-state index contributed by atoms with van der Waals surface area (Å²) in [5.74, 6) is -1.51. The van der Waals surface area contributed by atoms with Crippen molar-refractivity contribution in [2.75, 3.05) is 11.5 Å². The maximum Gasteiger partial charge on any atom is 0.409 e. The maximum atomic E-state index is 13.7. The van der Waals surface area contributed by atoms with Crippen molar-refractivity contribution in [2.24, 2.45) is 12.8 Å². The van der Waals surface area contributed by atoms with E-state index in [4.69, 9.17) is 17.2 Å². The molecular weight excluding hydrogens is 395 g/mol. The molecule has 0 bridgehead atoms. The third-order valence-electron chi connectivity index (χ3n) is 3.85. The van der Waals surface area contributed by atoms with Gasteiger partial charge in [-0.05, 0) is 18.6 Å². The Morgan fingerprint density at radius 2 is 1.59 bits per heavy atom. The van der Waals surface area contributed by atoms with Gasteiger partial charge in [-0.1, -0.05) is 0 Å². The highest BCUT2D eigenvalue weighted by molar-refractivity contribution is 5.86. The number of nitrogens with zero attached hydrogens (tertiary/aromatic N) is 3. The summed E-state index contributed by atoms with van der Waals surface area (Å²) >= 11 is 0. The first kappa shape index (κ1) is 23.8. The minimum Gasteiger partial charge on any atom is -0.396 e. The summed E-state index contributed by atoms with van der Waals surface area (Å²) in [5.41, 5.74) is 15.9. The second-order valence-electron chi connectivity index (χ2n) is 5.75. The largest absolute Gasteiger partial charge is 0.409 e. The van der Waals surface area contributed by atoms with Crippen LogP contribution in [-0.4, -0.2) is 20.7 Å². The summed E-state index contributed by atoms with van der Waals surface area (Å²) in [7, 11) is 1.28. The van der Waals surface area contributed by atoms with Crippen molar-refractivity contribution < 1.29 is 22.0 Å². The average Bonchev–Trinajstić information content (AvgIpc) is 2.89. The average molecular weight is 416 g/mol. The number of rotatable bonds is 1. The summed E-state index contributed by atoms with van der Waals surface area (Å²) in [4.78, 5) is 7.24. The van der Waals surface area contributed by atoms with Crippen LogP contribution in [0.4, 0.5) is 33.6 Å². The van der Waals surface area contributed by atoms with Gasteiger partial charge in [0.05, 0.1) is 23.6 Å². The highest BCUT2D eigenvalue weighted by Gasteiger charge is 2.41. The van der Waals surface area contributed by atoms with Crippen LogP contribution in [0, 0.1) is 18.6 Å². The molecule has 158 valence electrons. The Kier molecular flexibility index (Phi) is 7.66. The molecule has 0 aliphatic rings. The van der Waals surface area contributed by atoms with Crippen molar-refractivity contribution in [1.29, 1.82) is 0 Å². The predicted octanol–water partition coefficient (Wildman–Crippen LogP) is 3.77. The minimum absolute atomic E-state index is 0.0893. The fourth-order valence-corrected chi connectivity index (χ4v) is 2.65. The van der Waals surface area contributed by atoms with Crippen LogP contribution in [0.15, 0.2) is 37.7 Å². The Morgan fingerprint density at radius 3 is 2.03 bits per heavy atom. The van der Waals surface area contributed by atoms with Gasteiger partial charge in [0.2, 0.25) is 5.95 Å². The number of hydrogen-bond donors (Lipinski definition) is 3. The third kappa shape index (κ3) is 5.41. The van der Waals surface area contributed by atoms with Crippen molar-refractivity contribution in [3.05, 3.63) is 60.6 Å². The van der Waals surface area contributed by atoms with Gasteiger partial charge < -0.3 is 21.8 Å². The standard InChI is InChI=1S/C12H11F5N2.C4H6N4.C2H4/c1-5-7-3-6(13)4-8(14)10(7)19(2)9(5)11(18)12(15,16)17;5-3-1-7-4(6)8-2-3;1-2/h3-4,11H,18H2,1-2H3;1-2H,5H2,(H2,6,7,8);1-2H2. The number of nitrogen functional groups attached to an aromatic ring is 2. The predicted molar refractivity (Wildman–Crippen MR) is 103 cm³/mol. The number of fused-ring (bicyclic) bond motifs is 1. The van der Waals surface area contributed by atoms with Crippen LogP contribution >= 0.6 is 0 Å². The zero-order chi connectivity index (χ0) is 22.5. The van der Waals surface area contributed by atoms with E-state index in [1.807, 2.05) is 0 Å². The lowest BCUT2D eigenvalue weighted by atomic mass is 10.1. The zero-order valence-corrected chi connectivity index (χ0v) is 15.8. The molecule has 6 nitrogen and oxygen atoms in total. The van der Waals surface area contributed by atoms with Gasteiger partial charge in [0.25, 0.3) is 0 Å². The molecule has 0 amide bonds. The molecular formula is C18H21F5N6. The fourth-order valence-electron chi connectivity index (χ4n) is 2.65. The van der Waals surface area contributed by atoms with Crippen LogP contribution in [0.2, 0.25) is 0 Å². The topological polar surface area (TPSA) is 109 Å². The van der Waals surface area contributed by atoms with Crippen LogP contribution in [0.5, 0.6) is 0 Å². The van der Waals surface area contributed by atoms with Crippen molar-refractivity contribution in [2.45, 2.75) is 19.1 Å². The Labute approximate surface area is 163 Å². The molecule has 0 aliphatic heterocycles. The number of anilines is 2. The highest BCUT2D eigenvalue weighted by atomic mass is 19.4. The lowest BCUT2D eigenvalue weighted by molar-refractivity contribution is -0.150. The lowest BCUT2D eigenvalue weighted by Gasteiger charge is -2.17. The maximum absolute atomic E-state index is 13.7. The van der Waals surface area contributed by atoms with E-state index in [1.165, 1.54) is 26.4 Å². The lowest BCUT2D eigenvalue weighted by Crippen LogP contribution is -2.30. The van der Waals surface area contributed by atoms with Gasteiger partial charge in [0.1, 0.15) is 17.7 Å². The molecule has 0 saturated carbocycles. The van der Waals surface area contributed by atoms with Gasteiger partial charge in [0.15, 0.2) is 0 Å². The molecule has 1 aromatic carbocycles. The molecule has 3 aromatic rings. The molecule has 11 heteroatoms. The monoisotopic (exact) mass is 416 g/mol. The van der Waals surface area contributed by atoms with Gasteiger partial charge in [-0.25, -0.2) is 18.7 Å². The van der Waals surface area contributed by atoms with E-state index < -0.39 is 23.9 Å². The Bertz CT molecular complexity index is 945. The molecule has 0 fully saturated rings. The second kappa shape index (κ2) is 9.32. The van der Waals surface area contributed by atoms with E-state index in [-0.39, 0.29) is 28.1 Å². The van der Waals surface area contributed by atoms with E-state index in [9.17, 15) is 22.0 Å². The quantitative estimate of drug-likeness (QED) is 0.413. The van der Waals surface area contributed by atoms with Crippen molar-refractivity contribution in [3.8, 4) is 0 Å². The van der Waals surface area contributed by atoms with Gasteiger partial charge in [-0.2, -0.15) is 13.2 Å². The molecule has 2 heterocycles. The molecule has 29 heavy (non-hydrogen) atoms. The first-order valence-corrected chi connectivity index (χ1v) is 8.02. The van der Waals surface area contributed by atoms with E-state index in [2.05, 4.69) is 23.1 Å². The summed E-state index contributed by atoms with van der Waals surface area (Å²) in [5, 5.41) is 0.0923. The first-order chi connectivity index (χ1) is 13.4. The smallest absolute Gasteiger partial charge is 0.396 e. The Balaban J connectivity index is 0.000000351. The zero-order valence-electron chi connectivity index (χ0n) is 15.8. The summed E-state index contributed by atoms with van der Waals surface area (Å²) < 4.78 is 65.9. The van der Waals surface area contributed by atoms with Gasteiger partial charge in [-0.15, -0.1) is 13.2 Å². The van der Waals surface area contributed by atoms with Crippen LogP contribution < -0.4 is 17.2 Å². The van der Waals surface area contributed by atoms with E-state index in [0.29, 0.717) is 11.8 Å². The SMILES string of the molecule is C=C.Cc1c(C(N)C(F)(F)F)n(C)c2c(F)cc(F)cc12.Nc1cnc(N)nc1. The molecule has 6 N–H and O–H groups in total. The fraction of sp³-hybridized carbons (Fsp3) is 0.222. The van der Waals surface area contributed by atoms with Gasteiger partial charge in [0, 0.05) is 24.2 Å². The summed E-state index contributed by atoms with van der Waals surface area (Å²) in [6.07, 6.45) is -1.73. The molecule has 0 spiro atoms. The number of benzene rings is 1. The van der Waals surface area contributed by atoms with Crippen molar-refractivity contribution in [3.63, 3.8) is 0 Å². The number of aromatic nitrogens is 3. The van der Waals surface area contributed by atoms with Gasteiger partial charge in [-0.3, -0.25) is 0 Å². The number of hydrogen-bond acceptors (Lipinski definition) is 5. The second-order valence-corrected chi connectivity index (χ2v) is 5.75. The van der Waals surface area contributed by atoms with Crippen molar-refractivity contribution >= 4 is 22.5 Å². The van der Waals surface area contributed by atoms with Crippen LogP contribution in [0.25, 0.3) is 10.9 Å². The number of alkyl halides is 3. The number of halogens is 5. The molecule has 2 aromatic heterocycles. The third-order valence-corrected chi connectivity index (χ3v) is 3.85. The van der Waals surface area contributed by atoms with Crippen LogP contribution in [0.1, 0.15) is 17.3 Å². The molecule has 1 unspecified atom stereocenters. The normalized spacial score (nSPS) is 11.9. The van der Waals surface area contributed by atoms with E-state index in [1.54, 1.807) is 0 Å². The first-order valence-electron chi connectivity index (χ1n) is 8.02. The van der Waals surface area contributed by atoms with Crippen LogP contribution in [0.3, 0.4) is 0 Å². The molecule has 3 rings (SSSR count). The highest BCUT2D eigenvalue weighted by Crippen LogP contribution is 2.37. The van der Waals surface area contributed by atoms with Gasteiger partial charge >= 0.3 is 6.18 Å². The van der Waals surface area contributed by atoms with E-state index >= 15 is 0 Å². The summed E-state index contributed by atoms with van der Waals surface area (Å²) in [6.45, 7) is 7.36. The molecule has 1 atom stereocenters. The Morgan fingerprint density at radius 1 is 1.07 bits per heavy atom. The number of nitrogens with two attached hydrogens (primary N) is 3. The van der Waals surface area contributed by atoms with E-state index in [0.717, 1.165) is 10.6 Å². The minimum atomic E-state index is -4.65. The number of aryl methyl sites for hydroxylation is 2. The molecule has 0 radical (unpaired) electrons. The van der Waals surface area contributed by atoms with Crippen molar-refractivity contribution in [1.82, 2.24) is 14.5 Å². The summed E-state index contributed by atoms with van der Waals surface area (Å²) in [6, 6.07) is -0.613. The Hall–Kier alpha value is -3.21. The molecule has 0 saturated heterocycles. The molecule has 0 aliphatic carbocycles. The van der Waals surface area contributed by atoms with Crippen LogP contribution in [-0.2, 0) is 7.05 Å².